The third-order valence-electron chi connectivity index (χ3n) is 5.02. The first-order valence-corrected chi connectivity index (χ1v) is 8.68. The number of hydrogen-bond donors (Lipinski definition) is 1. The normalized spacial score (nSPS) is 17.3. The molecule has 26 heavy (non-hydrogen) atoms. The molecule has 0 aliphatic carbocycles. The van der Waals surface area contributed by atoms with E-state index >= 15 is 0 Å². The second-order valence-electron chi connectivity index (χ2n) is 6.86. The second kappa shape index (κ2) is 6.14. The first-order chi connectivity index (χ1) is 12.5. The number of aromatic nitrogens is 4. The van der Waals surface area contributed by atoms with Crippen LogP contribution >= 0.6 is 0 Å². The second-order valence-corrected chi connectivity index (χ2v) is 6.86. The smallest absolute Gasteiger partial charge is 0.332 e. The molecule has 8 nitrogen and oxygen atoms in total. The zero-order valence-corrected chi connectivity index (χ0v) is 14.9. The van der Waals surface area contributed by atoms with Gasteiger partial charge in [0.2, 0.25) is 5.95 Å². The van der Waals surface area contributed by atoms with Crippen LogP contribution in [0.1, 0.15) is 12.0 Å². The Bertz CT molecular complexity index is 1080. The molecule has 0 saturated carbocycles. The van der Waals surface area contributed by atoms with Crippen molar-refractivity contribution in [3.63, 3.8) is 0 Å². The van der Waals surface area contributed by atoms with Crippen LogP contribution in [0.2, 0.25) is 0 Å². The van der Waals surface area contributed by atoms with Gasteiger partial charge < -0.3 is 10.6 Å². The summed E-state index contributed by atoms with van der Waals surface area (Å²) >= 11 is 0. The van der Waals surface area contributed by atoms with Crippen molar-refractivity contribution in [1.82, 2.24) is 18.7 Å². The maximum Gasteiger partial charge on any atom is 0.332 e. The zero-order valence-electron chi connectivity index (χ0n) is 14.9. The van der Waals surface area contributed by atoms with Crippen LogP contribution in [0.3, 0.4) is 0 Å². The van der Waals surface area contributed by atoms with E-state index in [2.05, 4.69) is 9.88 Å². The van der Waals surface area contributed by atoms with E-state index in [4.69, 9.17) is 5.73 Å². The minimum atomic E-state index is -0.378. The van der Waals surface area contributed by atoms with Gasteiger partial charge in [0, 0.05) is 33.2 Å². The van der Waals surface area contributed by atoms with Gasteiger partial charge in [-0.15, -0.1) is 0 Å². The molecule has 8 heteroatoms. The Labute approximate surface area is 150 Å². The summed E-state index contributed by atoms with van der Waals surface area (Å²) in [6, 6.07) is 10.0. The number of anilines is 1. The van der Waals surface area contributed by atoms with Gasteiger partial charge >= 0.3 is 5.69 Å². The van der Waals surface area contributed by atoms with Gasteiger partial charge in [0.1, 0.15) is 0 Å². The lowest BCUT2D eigenvalue weighted by atomic mass is 10.2. The Morgan fingerprint density at radius 3 is 2.54 bits per heavy atom. The van der Waals surface area contributed by atoms with Gasteiger partial charge in [-0.3, -0.25) is 18.5 Å². The van der Waals surface area contributed by atoms with Crippen LogP contribution in [0, 0.1) is 0 Å². The van der Waals surface area contributed by atoms with Crippen LogP contribution in [0.5, 0.6) is 0 Å². The molecule has 2 aromatic heterocycles. The number of fused-ring (bicyclic) bond motifs is 1. The van der Waals surface area contributed by atoms with Gasteiger partial charge in [0.05, 0.1) is 6.54 Å². The van der Waals surface area contributed by atoms with Crippen LogP contribution in [0.15, 0.2) is 39.9 Å². The fourth-order valence-corrected chi connectivity index (χ4v) is 3.56. The molecule has 0 spiro atoms. The predicted molar refractivity (Wildman–Crippen MR) is 101 cm³/mol. The summed E-state index contributed by atoms with van der Waals surface area (Å²) in [5.41, 5.74) is 7.27. The van der Waals surface area contributed by atoms with Crippen molar-refractivity contribution in [3.8, 4) is 0 Å². The number of nitrogens with two attached hydrogens (primary N) is 1. The summed E-state index contributed by atoms with van der Waals surface area (Å²) in [5.74, 6) is 0.690. The minimum Gasteiger partial charge on any atom is -0.341 e. The first kappa shape index (κ1) is 16.6. The Morgan fingerprint density at radius 2 is 1.88 bits per heavy atom. The molecule has 1 saturated heterocycles. The number of imidazole rings is 1. The monoisotopic (exact) mass is 354 g/mol. The molecule has 1 fully saturated rings. The minimum absolute atomic E-state index is 0.0895. The molecule has 1 atom stereocenters. The fraction of sp³-hybridized carbons (Fsp3) is 0.389. The summed E-state index contributed by atoms with van der Waals surface area (Å²) in [5, 5.41) is 0. The lowest BCUT2D eigenvalue weighted by molar-refractivity contribution is 0.701. The van der Waals surface area contributed by atoms with Gasteiger partial charge in [-0.05, 0) is 12.0 Å². The number of aryl methyl sites for hydroxylation is 1. The standard InChI is InChI=1S/C18H22N6O2/c1-21-15-14(16(25)22(2)18(21)26)24(10-12-6-4-3-5-7-12)17(20-15)23-9-8-13(19)11-23/h3-7,13H,8-11,19H2,1-2H3/t13-/m1/s1. The molecule has 1 aromatic carbocycles. The summed E-state index contributed by atoms with van der Waals surface area (Å²) < 4.78 is 4.47. The quantitative estimate of drug-likeness (QED) is 0.716. The maximum atomic E-state index is 12.9. The molecule has 2 N–H and O–H groups in total. The summed E-state index contributed by atoms with van der Waals surface area (Å²) in [6.07, 6.45) is 0.880. The third kappa shape index (κ3) is 2.53. The van der Waals surface area contributed by atoms with Crippen LogP contribution < -0.4 is 21.9 Å². The molecule has 4 rings (SSSR count). The van der Waals surface area contributed by atoms with E-state index in [9.17, 15) is 9.59 Å². The SMILES string of the molecule is Cn1c(=O)c2c(nc(N3CC[C@@H](N)C3)n2Cc2ccccc2)n(C)c1=O. The van der Waals surface area contributed by atoms with Crippen molar-refractivity contribution in [3.05, 3.63) is 56.7 Å². The Balaban J connectivity index is 1.99. The van der Waals surface area contributed by atoms with Crippen LogP contribution in [-0.4, -0.2) is 37.8 Å². The molecule has 3 heterocycles. The molecule has 0 bridgehead atoms. The van der Waals surface area contributed by atoms with Gasteiger partial charge in [-0.25, -0.2) is 4.79 Å². The summed E-state index contributed by atoms with van der Waals surface area (Å²) in [6.45, 7) is 1.98. The molecule has 136 valence electrons. The van der Waals surface area contributed by atoms with Crippen molar-refractivity contribution >= 4 is 17.1 Å². The highest BCUT2D eigenvalue weighted by atomic mass is 16.2. The van der Waals surface area contributed by atoms with Crippen molar-refractivity contribution in [2.75, 3.05) is 18.0 Å². The third-order valence-corrected chi connectivity index (χ3v) is 5.02. The van der Waals surface area contributed by atoms with E-state index in [1.807, 2.05) is 34.9 Å². The average Bonchev–Trinajstić information content (AvgIpc) is 3.23. The van der Waals surface area contributed by atoms with Crippen molar-refractivity contribution < 1.29 is 0 Å². The predicted octanol–water partition coefficient (Wildman–Crippen LogP) is 0.0194. The number of hydrogen-bond acceptors (Lipinski definition) is 5. The number of nitrogens with zero attached hydrogens (tertiary/aromatic N) is 5. The number of benzene rings is 1. The highest BCUT2D eigenvalue weighted by molar-refractivity contribution is 5.75. The van der Waals surface area contributed by atoms with Crippen molar-refractivity contribution in [2.24, 2.45) is 19.8 Å². The van der Waals surface area contributed by atoms with Gasteiger partial charge in [0.25, 0.3) is 5.56 Å². The molecule has 0 radical (unpaired) electrons. The number of rotatable bonds is 3. The highest BCUT2D eigenvalue weighted by Gasteiger charge is 2.27. The Hall–Kier alpha value is -2.87. The molecule has 1 aliphatic heterocycles. The highest BCUT2D eigenvalue weighted by Crippen LogP contribution is 2.24. The van der Waals surface area contributed by atoms with E-state index in [0.29, 0.717) is 30.2 Å². The molecule has 3 aromatic rings. The lowest BCUT2D eigenvalue weighted by Gasteiger charge is -2.19. The van der Waals surface area contributed by atoms with Gasteiger partial charge in [-0.1, -0.05) is 30.3 Å². The van der Waals surface area contributed by atoms with E-state index in [0.717, 1.165) is 23.1 Å². The van der Waals surface area contributed by atoms with Crippen LogP contribution in [-0.2, 0) is 20.6 Å². The summed E-state index contributed by atoms with van der Waals surface area (Å²) in [4.78, 5) is 31.9. The summed E-state index contributed by atoms with van der Waals surface area (Å²) in [7, 11) is 3.14. The van der Waals surface area contributed by atoms with Crippen molar-refractivity contribution in [1.29, 1.82) is 0 Å². The van der Waals surface area contributed by atoms with E-state index in [1.165, 1.54) is 11.6 Å². The van der Waals surface area contributed by atoms with E-state index < -0.39 is 0 Å². The fourth-order valence-electron chi connectivity index (χ4n) is 3.56. The topological polar surface area (TPSA) is 91.1 Å². The van der Waals surface area contributed by atoms with Crippen LogP contribution in [0.25, 0.3) is 11.2 Å². The zero-order chi connectivity index (χ0) is 18.4. The van der Waals surface area contributed by atoms with E-state index in [-0.39, 0.29) is 17.3 Å². The maximum absolute atomic E-state index is 12.9. The Kier molecular flexibility index (Phi) is 3.91. The molecular weight excluding hydrogens is 332 g/mol. The average molecular weight is 354 g/mol. The van der Waals surface area contributed by atoms with Gasteiger partial charge in [-0.2, -0.15) is 4.98 Å². The lowest BCUT2D eigenvalue weighted by Crippen LogP contribution is -2.37. The van der Waals surface area contributed by atoms with E-state index in [1.54, 1.807) is 7.05 Å². The van der Waals surface area contributed by atoms with Crippen LogP contribution in [0.4, 0.5) is 5.95 Å². The van der Waals surface area contributed by atoms with Crippen molar-refractivity contribution in [2.45, 2.75) is 19.0 Å². The molecular formula is C18H22N6O2. The Morgan fingerprint density at radius 1 is 1.15 bits per heavy atom. The largest absolute Gasteiger partial charge is 0.341 e. The molecule has 0 unspecified atom stereocenters. The molecule has 1 aliphatic rings. The molecule has 0 amide bonds. The first-order valence-electron chi connectivity index (χ1n) is 8.68. The van der Waals surface area contributed by atoms with Gasteiger partial charge in [0.15, 0.2) is 11.2 Å².